The van der Waals surface area contributed by atoms with Crippen LogP contribution in [0.2, 0.25) is 0 Å². The van der Waals surface area contributed by atoms with Crippen LogP contribution in [-0.4, -0.2) is 11.6 Å². The monoisotopic (exact) mass is 191 g/mol. The van der Waals surface area contributed by atoms with Gasteiger partial charge in [-0.1, -0.05) is 30.3 Å². The summed E-state index contributed by atoms with van der Waals surface area (Å²) < 4.78 is 5.28. The van der Waals surface area contributed by atoms with E-state index in [1.165, 1.54) is 0 Å². The molecule has 3 nitrogen and oxygen atoms in total. The predicted molar refractivity (Wildman–Crippen MR) is 48.3 cm³/mol. The molecule has 0 saturated carbocycles. The molecule has 1 aliphatic heterocycles. The maximum absolute atomic E-state index is 11.1. The highest BCUT2D eigenvalue weighted by Gasteiger charge is 2.66. The number of rotatable bonds is 2. The molecule has 1 heterocycles. The first-order chi connectivity index (χ1) is 6.51. The lowest BCUT2D eigenvalue weighted by Crippen LogP contribution is -2.40. The Balaban J connectivity index is 2.47. The van der Waals surface area contributed by atoms with E-state index < -0.39 is 17.2 Å². The molecule has 1 aromatic carbocycles. The maximum Gasteiger partial charge on any atom is 0.161 e. The molecular formula is C11H11O3-. The van der Waals surface area contributed by atoms with Crippen molar-refractivity contribution in [2.45, 2.75) is 25.0 Å². The minimum atomic E-state index is -1.26. The minimum absolute atomic E-state index is 0.644. The summed E-state index contributed by atoms with van der Waals surface area (Å²) >= 11 is 0. The van der Waals surface area contributed by atoms with Gasteiger partial charge in [0.15, 0.2) is 5.60 Å². The van der Waals surface area contributed by atoms with Crippen LogP contribution < -0.4 is 5.11 Å². The zero-order valence-electron chi connectivity index (χ0n) is 8.11. The fraction of sp³-hybridized carbons (Fsp3) is 0.364. The fourth-order valence-corrected chi connectivity index (χ4v) is 1.84. The van der Waals surface area contributed by atoms with Gasteiger partial charge in [-0.2, -0.15) is 0 Å². The molecule has 1 aliphatic rings. The SMILES string of the molecule is CC1(C)O[C@@]1(C(=O)[O-])c1ccccc1. The molecule has 1 aromatic rings. The molecular weight excluding hydrogens is 180 g/mol. The average molecular weight is 191 g/mol. The normalized spacial score (nSPS) is 28.4. The lowest BCUT2D eigenvalue weighted by molar-refractivity contribution is -0.313. The first-order valence-corrected chi connectivity index (χ1v) is 4.48. The number of carbonyl (C=O) groups is 1. The van der Waals surface area contributed by atoms with Crippen LogP contribution in [-0.2, 0) is 15.1 Å². The summed E-state index contributed by atoms with van der Waals surface area (Å²) in [5.41, 5.74) is -1.29. The number of aliphatic carboxylic acids is 1. The minimum Gasteiger partial charge on any atom is -0.546 e. The summed E-state index contributed by atoms with van der Waals surface area (Å²) in [5.74, 6) is -1.17. The number of epoxide rings is 1. The fourth-order valence-electron chi connectivity index (χ4n) is 1.84. The Labute approximate surface area is 82.3 Å². The van der Waals surface area contributed by atoms with E-state index in [0.717, 1.165) is 0 Å². The molecule has 0 unspecified atom stereocenters. The van der Waals surface area contributed by atoms with Gasteiger partial charge in [0.05, 0.1) is 5.97 Å². The molecule has 2 rings (SSSR count). The third-order valence-electron chi connectivity index (χ3n) is 2.68. The first-order valence-electron chi connectivity index (χ1n) is 4.48. The standard InChI is InChI=1S/C11H12O3/c1-10(2)11(14-10,9(12)13)8-6-4-3-5-7-8/h3-7H,1-2H3,(H,12,13)/p-1/t11-/m1/s1. The van der Waals surface area contributed by atoms with E-state index in [4.69, 9.17) is 4.74 Å². The Kier molecular flexibility index (Phi) is 1.70. The molecule has 0 bridgehead atoms. The van der Waals surface area contributed by atoms with Gasteiger partial charge in [-0.3, -0.25) is 0 Å². The number of ether oxygens (including phenoxy) is 1. The molecule has 1 fully saturated rings. The van der Waals surface area contributed by atoms with E-state index in [9.17, 15) is 9.90 Å². The van der Waals surface area contributed by atoms with Crippen LogP contribution in [0.4, 0.5) is 0 Å². The highest BCUT2D eigenvalue weighted by molar-refractivity contribution is 5.82. The second-order valence-electron chi connectivity index (χ2n) is 3.95. The van der Waals surface area contributed by atoms with Crippen LogP contribution in [0.1, 0.15) is 19.4 Å². The van der Waals surface area contributed by atoms with Crippen molar-refractivity contribution in [1.29, 1.82) is 0 Å². The van der Waals surface area contributed by atoms with Crippen LogP contribution in [0.25, 0.3) is 0 Å². The van der Waals surface area contributed by atoms with E-state index in [0.29, 0.717) is 5.56 Å². The van der Waals surface area contributed by atoms with E-state index in [1.54, 1.807) is 38.1 Å². The van der Waals surface area contributed by atoms with Gasteiger partial charge in [-0.15, -0.1) is 0 Å². The topological polar surface area (TPSA) is 52.7 Å². The van der Waals surface area contributed by atoms with Gasteiger partial charge in [-0.25, -0.2) is 0 Å². The Hall–Kier alpha value is -1.35. The van der Waals surface area contributed by atoms with Crippen LogP contribution in [0, 0.1) is 0 Å². The summed E-state index contributed by atoms with van der Waals surface area (Å²) in [7, 11) is 0. The number of hydrogen-bond acceptors (Lipinski definition) is 3. The smallest absolute Gasteiger partial charge is 0.161 e. The molecule has 0 aromatic heterocycles. The van der Waals surface area contributed by atoms with Crippen LogP contribution in [0.15, 0.2) is 30.3 Å². The third-order valence-corrected chi connectivity index (χ3v) is 2.68. The summed E-state index contributed by atoms with van der Waals surface area (Å²) in [6.07, 6.45) is 0. The zero-order chi connectivity index (χ0) is 10.4. The molecule has 0 N–H and O–H groups in total. The molecule has 0 radical (unpaired) electrons. The van der Waals surface area contributed by atoms with Crippen LogP contribution in [0.5, 0.6) is 0 Å². The highest BCUT2D eigenvalue weighted by Crippen LogP contribution is 2.54. The molecule has 1 saturated heterocycles. The molecule has 74 valence electrons. The van der Waals surface area contributed by atoms with Crippen LogP contribution >= 0.6 is 0 Å². The summed E-state index contributed by atoms with van der Waals surface area (Å²) in [6.45, 7) is 3.49. The maximum atomic E-state index is 11.1. The Morgan fingerprint density at radius 1 is 1.29 bits per heavy atom. The molecule has 3 heteroatoms. The summed E-state index contributed by atoms with van der Waals surface area (Å²) in [5, 5.41) is 11.1. The van der Waals surface area contributed by atoms with Gasteiger partial charge in [0.2, 0.25) is 0 Å². The second-order valence-corrected chi connectivity index (χ2v) is 3.95. The first kappa shape index (κ1) is 9.21. The largest absolute Gasteiger partial charge is 0.546 e. The van der Waals surface area contributed by atoms with Gasteiger partial charge >= 0.3 is 0 Å². The Bertz CT molecular complexity index is 369. The third kappa shape index (κ3) is 0.990. The van der Waals surface area contributed by atoms with Crippen molar-refractivity contribution in [3.05, 3.63) is 35.9 Å². The van der Waals surface area contributed by atoms with Crippen molar-refractivity contribution in [1.82, 2.24) is 0 Å². The van der Waals surface area contributed by atoms with Crippen molar-refractivity contribution >= 4 is 5.97 Å². The Morgan fingerprint density at radius 3 is 2.14 bits per heavy atom. The number of carboxylic acids is 1. The molecule has 0 aliphatic carbocycles. The van der Waals surface area contributed by atoms with Crippen molar-refractivity contribution in [2.75, 3.05) is 0 Å². The van der Waals surface area contributed by atoms with Gasteiger partial charge in [0.1, 0.15) is 5.60 Å². The van der Waals surface area contributed by atoms with Crippen molar-refractivity contribution < 1.29 is 14.6 Å². The quantitative estimate of drug-likeness (QED) is 0.637. The van der Waals surface area contributed by atoms with Gasteiger partial charge in [-0.05, 0) is 19.4 Å². The molecule has 1 atom stereocenters. The highest BCUT2D eigenvalue weighted by atomic mass is 16.6. The lowest BCUT2D eigenvalue weighted by atomic mass is 9.88. The van der Waals surface area contributed by atoms with E-state index in [2.05, 4.69) is 0 Å². The number of carbonyl (C=O) groups excluding carboxylic acids is 1. The van der Waals surface area contributed by atoms with Crippen LogP contribution in [0.3, 0.4) is 0 Å². The Morgan fingerprint density at radius 2 is 1.79 bits per heavy atom. The number of carboxylic acid groups (broad SMARTS) is 1. The molecule has 14 heavy (non-hydrogen) atoms. The predicted octanol–water partition coefficient (Wildman–Crippen LogP) is 0.441. The van der Waals surface area contributed by atoms with Crippen molar-refractivity contribution in [3.8, 4) is 0 Å². The number of hydrogen-bond donors (Lipinski definition) is 0. The number of benzene rings is 1. The summed E-state index contributed by atoms with van der Waals surface area (Å²) in [6, 6.07) is 8.90. The molecule has 0 amide bonds. The van der Waals surface area contributed by atoms with Gasteiger partial charge in [0, 0.05) is 0 Å². The van der Waals surface area contributed by atoms with E-state index >= 15 is 0 Å². The average Bonchev–Trinajstić information content (AvgIpc) is 2.72. The van der Waals surface area contributed by atoms with Crippen molar-refractivity contribution in [3.63, 3.8) is 0 Å². The van der Waals surface area contributed by atoms with E-state index in [1.807, 2.05) is 6.07 Å². The summed E-state index contributed by atoms with van der Waals surface area (Å²) in [4.78, 5) is 11.1. The second kappa shape index (κ2) is 2.58. The van der Waals surface area contributed by atoms with Crippen molar-refractivity contribution in [2.24, 2.45) is 0 Å². The van der Waals surface area contributed by atoms with Gasteiger partial charge in [0.25, 0.3) is 0 Å². The molecule has 0 spiro atoms. The van der Waals surface area contributed by atoms with Gasteiger partial charge < -0.3 is 14.6 Å². The van der Waals surface area contributed by atoms with E-state index in [-0.39, 0.29) is 0 Å². The lowest BCUT2D eigenvalue weighted by Gasteiger charge is -2.16. The zero-order valence-corrected chi connectivity index (χ0v) is 8.11.